The molecule has 0 amide bonds. The Labute approximate surface area is 258 Å². The first kappa shape index (κ1) is 28.1. The number of carbonyl (C=O) groups is 2. The molecule has 7 rings (SSSR count). The molecular weight excluding hydrogens is 568 g/mol. The van der Waals surface area contributed by atoms with Gasteiger partial charge in [0.2, 0.25) is 5.82 Å². The number of nitrogens with one attached hydrogen (secondary N) is 1. The Bertz CT molecular complexity index is 1980. The van der Waals surface area contributed by atoms with Crippen molar-refractivity contribution in [2.24, 2.45) is 0 Å². The van der Waals surface area contributed by atoms with Crippen molar-refractivity contribution in [1.82, 2.24) is 30.2 Å². The second-order valence-corrected chi connectivity index (χ2v) is 11.3. The molecule has 1 aliphatic carbocycles. The number of aldehydes is 1. The summed E-state index contributed by atoms with van der Waals surface area (Å²) in [6.07, 6.45) is 6.67. The van der Waals surface area contributed by atoms with Crippen molar-refractivity contribution in [2.75, 3.05) is 0 Å². The molecule has 0 spiro atoms. The van der Waals surface area contributed by atoms with Crippen LogP contribution in [0.3, 0.4) is 0 Å². The second kappa shape index (κ2) is 12.2. The van der Waals surface area contributed by atoms with Gasteiger partial charge in [0.05, 0.1) is 16.6 Å². The number of aromatic nitrogens is 6. The van der Waals surface area contributed by atoms with Gasteiger partial charge in [-0.2, -0.15) is 5.21 Å². The van der Waals surface area contributed by atoms with Gasteiger partial charge in [-0.25, -0.2) is 9.78 Å². The second-order valence-electron chi connectivity index (χ2n) is 11.3. The molecule has 45 heavy (non-hydrogen) atoms. The lowest BCUT2D eigenvalue weighted by Gasteiger charge is -2.25. The zero-order chi connectivity index (χ0) is 30.8. The first-order chi connectivity index (χ1) is 22.1. The van der Waals surface area contributed by atoms with E-state index < -0.39 is 5.97 Å². The number of hydrogen-bond acceptors (Lipinski definition) is 7. The molecule has 224 valence electrons. The highest BCUT2D eigenvalue weighted by Crippen LogP contribution is 2.37. The molecule has 10 nitrogen and oxygen atoms in total. The number of imidazole rings is 1. The van der Waals surface area contributed by atoms with E-state index in [0.717, 1.165) is 63.8 Å². The number of carbonyl (C=O) groups excluding carboxylic acids is 1. The van der Waals surface area contributed by atoms with E-state index in [1.54, 1.807) is 30.3 Å². The maximum atomic E-state index is 11.7. The van der Waals surface area contributed by atoms with Crippen molar-refractivity contribution in [3.05, 3.63) is 102 Å². The van der Waals surface area contributed by atoms with Crippen LogP contribution in [0, 0.1) is 0 Å². The van der Waals surface area contributed by atoms with Crippen molar-refractivity contribution >= 4 is 23.3 Å². The minimum Gasteiger partial charge on any atom is -0.489 e. The monoisotopic (exact) mass is 598 g/mol. The summed E-state index contributed by atoms with van der Waals surface area (Å²) in [6, 6.07) is 26.5. The van der Waals surface area contributed by atoms with Gasteiger partial charge in [0.25, 0.3) is 0 Å². The molecule has 0 bridgehead atoms. The Morgan fingerprint density at radius 1 is 0.911 bits per heavy atom. The van der Waals surface area contributed by atoms with Gasteiger partial charge in [0, 0.05) is 22.7 Å². The van der Waals surface area contributed by atoms with E-state index in [-0.39, 0.29) is 12.2 Å². The van der Waals surface area contributed by atoms with Gasteiger partial charge in [-0.15, -0.1) is 10.2 Å². The fourth-order valence-corrected chi connectivity index (χ4v) is 6.16. The van der Waals surface area contributed by atoms with E-state index in [1.165, 1.54) is 19.3 Å². The van der Waals surface area contributed by atoms with Crippen molar-refractivity contribution in [3.63, 3.8) is 0 Å². The normalized spacial score (nSPS) is 13.6. The smallest absolute Gasteiger partial charge is 0.335 e. The number of carboxylic acids is 1. The first-order valence-electron chi connectivity index (χ1n) is 15.0. The van der Waals surface area contributed by atoms with Gasteiger partial charge in [-0.05, 0) is 89.3 Å². The molecule has 6 aromatic rings. The maximum absolute atomic E-state index is 11.7. The van der Waals surface area contributed by atoms with Gasteiger partial charge < -0.3 is 14.4 Å². The predicted molar refractivity (Wildman–Crippen MR) is 169 cm³/mol. The third-order valence-corrected chi connectivity index (χ3v) is 8.45. The molecule has 2 N–H and O–H groups in total. The predicted octanol–water partition coefficient (Wildman–Crippen LogP) is 7.15. The first-order valence-corrected chi connectivity index (χ1v) is 15.0. The lowest BCUT2D eigenvalue weighted by molar-refractivity contribution is 0.0696. The minimum atomic E-state index is -1.01. The number of carboxylic acid groups (broad SMARTS) is 1. The molecule has 1 aliphatic rings. The number of aromatic carboxylic acids is 1. The van der Waals surface area contributed by atoms with Crippen LogP contribution in [0.4, 0.5) is 0 Å². The summed E-state index contributed by atoms with van der Waals surface area (Å²) < 4.78 is 8.57. The number of ether oxygens (including phenoxy) is 1. The van der Waals surface area contributed by atoms with Gasteiger partial charge in [0.1, 0.15) is 24.5 Å². The van der Waals surface area contributed by atoms with Gasteiger partial charge in [-0.3, -0.25) is 4.79 Å². The van der Waals surface area contributed by atoms with Gasteiger partial charge >= 0.3 is 5.97 Å². The number of nitrogens with zero attached hydrogens (tertiary/aromatic N) is 5. The number of rotatable bonds is 9. The van der Waals surface area contributed by atoms with Gasteiger partial charge in [-0.1, -0.05) is 49.6 Å². The van der Waals surface area contributed by atoms with Crippen LogP contribution in [0.5, 0.6) is 5.75 Å². The maximum Gasteiger partial charge on any atom is 0.335 e. The van der Waals surface area contributed by atoms with Crippen LogP contribution in [-0.4, -0.2) is 47.5 Å². The van der Waals surface area contributed by atoms with Crippen LogP contribution >= 0.6 is 0 Å². The molecular formula is C35H30N6O4. The van der Waals surface area contributed by atoms with Crippen molar-refractivity contribution in [2.45, 2.75) is 44.8 Å². The highest BCUT2D eigenvalue weighted by atomic mass is 16.5. The fourth-order valence-electron chi connectivity index (χ4n) is 6.16. The van der Waals surface area contributed by atoms with E-state index in [1.807, 2.05) is 48.5 Å². The molecule has 0 unspecified atom stereocenters. The van der Waals surface area contributed by atoms with Crippen LogP contribution < -0.4 is 4.74 Å². The molecule has 0 atom stereocenters. The Morgan fingerprint density at radius 3 is 2.38 bits per heavy atom. The minimum absolute atomic E-state index is 0.171. The number of tetrazole rings is 1. The summed E-state index contributed by atoms with van der Waals surface area (Å²) >= 11 is 0. The molecule has 2 aromatic heterocycles. The highest BCUT2D eigenvalue weighted by Gasteiger charge is 2.23. The van der Waals surface area contributed by atoms with Crippen molar-refractivity contribution in [3.8, 4) is 39.7 Å². The van der Waals surface area contributed by atoms with Gasteiger partial charge in [0.15, 0.2) is 0 Å². The SMILES string of the molecule is O=Cc1ccc(-c2ccc(C(=O)O)cc2COc2ccc(-c3nc4cc(-c5nn[nH]n5)ccc4n3C3CCCCC3)cc2)cc1. The third kappa shape index (κ3) is 5.70. The molecule has 4 aromatic carbocycles. The van der Waals surface area contributed by atoms with Crippen molar-refractivity contribution < 1.29 is 19.4 Å². The Morgan fingerprint density at radius 2 is 1.67 bits per heavy atom. The Kier molecular flexibility index (Phi) is 7.61. The quantitative estimate of drug-likeness (QED) is 0.168. The Balaban J connectivity index is 1.18. The number of benzene rings is 4. The van der Waals surface area contributed by atoms with Crippen LogP contribution in [0.1, 0.15) is 64.4 Å². The molecule has 10 heteroatoms. The standard InChI is InChI=1S/C35H30N6O4/c42-20-22-6-8-23(9-7-22)30-16-12-26(35(43)44)18-27(30)21-45-29-14-10-24(11-15-29)34-36-31-19-25(33-37-39-40-38-33)13-17-32(31)41(34)28-4-2-1-3-5-28/h6-20,28H,1-5,21H2,(H,43,44)(H,37,38,39,40). The topological polar surface area (TPSA) is 136 Å². The van der Waals surface area contributed by atoms with E-state index in [0.29, 0.717) is 23.2 Å². The summed E-state index contributed by atoms with van der Waals surface area (Å²) in [7, 11) is 0. The third-order valence-electron chi connectivity index (χ3n) is 8.45. The van der Waals surface area contributed by atoms with Crippen LogP contribution in [-0.2, 0) is 6.61 Å². The summed E-state index contributed by atoms with van der Waals surface area (Å²) in [4.78, 5) is 27.9. The largest absolute Gasteiger partial charge is 0.489 e. The zero-order valence-corrected chi connectivity index (χ0v) is 24.4. The molecule has 1 saturated carbocycles. The Hall–Kier alpha value is -5.64. The lowest BCUT2D eigenvalue weighted by atomic mass is 9.95. The fraction of sp³-hybridized carbons (Fsp3) is 0.200. The molecule has 0 saturated heterocycles. The molecule has 0 aliphatic heterocycles. The molecule has 0 radical (unpaired) electrons. The van der Waals surface area contributed by atoms with Crippen molar-refractivity contribution in [1.29, 1.82) is 0 Å². The highest BCUT2D eigenvalue weighted by molar-refractivity contribution is 5.89. The van der Waals surface area contributed by atoms with E-state index in [2.05, 4.69) is 31.3 Å². The molecule has 2 heterocycles. The summed E-state index contributed by atoms with van der Waals surface area (Å²) in [5.41, 5.74) is 6.99. The summed E-state index contributed by atoms with van der Waals surface area (Å²) in [6.45, 7) is 0.171. The van der Waals surface area contributed by atoms with Crippen LogP contribution in [0.15, 0.2) is 84.9 Å². The van der Waals surface area contributed by atoms with E-state index in [4.69, 9.17) is 9.72 Å². The number of fused-ring (bicyclic) bond motifs is 1. The van der Waals surface area contributed by atoms with E-state index in [9.17, 15) is 14.7 Å². The van der Waals surface area contributed by atoms with Crippen LogP contribution in [0.25, 0.3) is 44.9 Å². The van der Waals surface area contributed by atoms with E-state index >= 15 is 0 Å². The number of aromatic amines is 1. The number of hydrogen-bond donors (Lipinski definition) is 2. The van der Waals surface area contributed by atoms with Crippen LogP contribution in [0.2, 0.25) is 0 Å². The average molecular weight is 599 g/mol. The summed E-state index contributed by atoms with van der Waals surface area (Å²) in [5, 5.41) is 24.1. The number of H-pyrrole nitrogens is 1. The zero-order valence-electron chi connectivity index (χ0n) is 24.4. The molecule has 1 fully saturated rings. The average Bonchev–Trinajstić information content (AvgIpc) is 3.76. The lowest BCUT2D eigenvalue weighted by Crippen LogP contribution is -2.14. The summed E-state index contributed by atoms with van der Waals surface area (Å²) in [5.74, 6) is 1.08.